The van der Waals surface area contributed by atoms with Crippen molar-refractivity contribution in [2.45, 2.75) is 26.2 Å². The molecule has 0 radical (unpaired) electrons. The molecule has 0 unspecified atom stereocenters. The number of amides is 2. The van der Waals surface area contributed by atoms with Crippen LogP contribution in [0.15, 0.2) is 24.3 Å². The van der Waals surface area contributed by atoms with E-state index >= 15 is 0 Å². The zero-order chi connectivity index (χ0) is 19.5. The van der Waals surface area contributed by atoms with Crippen molar-refractivity contribution in [2.24, 2.45) is 5.92 Å². The number of nitrogens with one attached hydrogen (secondary N) is 2. The lowest BCUT2D eigenvalue weighted by Gasteiger charge is -2.30. The molecule has 0 bridgehead atoms. The summed E-state index contributed by atoms with van der Waals surface area (Å²) in [5, 5.41) is 5.88. The highest BCUT2D eigenvalue weighted by molar-refractivity contribution is 5.93. The Hall–Kier alpha value is -2.12. The van der Waals surface area contributed by atoms with E-state index in [0.717, 1.165) is 32.4 Å². The second kappa shape index (κ2) is 11.6. The van der Waals surface area contributed by atoms with E-state index in [1.807, 2.05) is 31.2 Å². The number of anilines is 1. The van der Waals surface area contributed by atoms with Crippen molar-refractivity contribution >= 4 is 17.5 Å². The molecule has 2 rings (SSSR count). The van der Waals surface area contributed by atoms with Crippen LogP contribution in [0.4, 0.5) is 5.69 Å². The van der Waals surface area contributed by atoms with E-state index in [9.17, 15) is 9.59 Å². The summed E-state index contributed by atoms with van der Waals surface area (Å²) in [6.45, 7) is 5.58. The maximum atomic E-state index is 12.4. The third-order valence-corrected chi connectivity index (χ3v) is 4.61. The number of methoxy groups -OCH3 is 1. The third-order valence-electron chi connectivity index (χ3n) is 4.61. The molecule has 150 valence electrons. The molecule has 1 heterocycles. The Morgan fingerprint density at radius 1 is 1.22 bits per heavy atom. The smallest absolute Gasteiger partial charge is 0.238 e. The lowest BCUT2D eigenvalue weighted by atomic mass is 9.96. The predicted molar refractivity (Wildman–Crippen MR) is 105 cm³/mol. The summed E-state index contributed by atoms with van der Waals surface area (Å²) in [7, 11) is 1.66. The van der Waals surface area contributed by atoms with Crippen molar-refractivity contribution in [2.75, 3.05) is 51.8 Å². The van der Waals surface area contributed by atoms with Crippen LogP contribution in [0, 0.1) is 5.92 Å². The number of nitrogens with zero attached hydrogens (tertiary/aromatic N) is 1. The number of rotatable bonds is 10. The summed E-state index contributed by atoms with van der Waals surface area (Å²) in [6.07, 6.45) is 2.38. The van der Waals surface area contributed by atoms with Crippen molar-refractivity contribution in [3.05, 3.63) is 24.3 Å². The van der Waals surface area contributed by atoms with E-state index in [2.05, 4.69) is 15.5 Å². The van der Waals surface area contributed by atoms with Gasteiger partial charge in [0, 0.05) is 26.2 Å². The predicted octanol–water partition coefficient (Wildman–Crippen LogP) is 1.89. The number of likely N-dealkylation sites (tertiary alicyclic amines) is 1. The zero-order valence-electron chi connectivity index (χ0n) is 16.3. The van der Waals surface area contributed by atoms with Crippen LogP contribution in [-0.4, -0.2) is 63.2 Å². The minimum absolute atomic E-state index is 0.0329. The van der Waals surface area contributed by atoms with Gasteiger partial charge in [-0.25, -0.2) is 0 Å². The van der Waals surface area contributed by atoms with Crippen LogP contribution in [0.25, 0.3) is 0 Å². The van der Waals surface area contributed by atoms with Crippen molar-refractivity contribution in [1.29, 1.82) is 0 Å². The molecule has 0 saturated carbocycles. The maximum Gasteiger partial charge on any atom is 0.238 e. The lowest BCUT2D eigenvalue weighted by molar-refractivity contribution is -0.126. The van der Waals surface area contributed by atoms with E-state index < -0.39 is 0 Å². The van der Waals surface area contributed by atoms with E-state index in [4.69, 9.17) is 9.47 Å². The second-order valence-corrected chi connectivity index (χ2v) is 6.67. The van der Waals surface area contributed by atoms with Crippen molar-refractivity contribution in [3.63, 3.8) is 0 Å². The van der Waals surface area contributed by atoms with Gasteiger partial charge in [-0.3, -0.25) is 14.5 Å². The van der Waals surface area contributed by atoms with Gasteiger partial charge in [-0.15, -0.1) is 0 Å². The van der Waals surface area contributed by atoms with E-state index in [1.54, 1.807) is 7.11 Å². The SMILES string of the molecule is CCOc1ccccc1NC(=O)CN1CCC(C(=O)NCCCOC)CC1. The molecule has 2 N–H and O–H groups in total. The second-order valence-electron chi connectivity index (χ2n) is 6.67. The molecule has 1 aromatic carbocycles. The number of hydrogen-bond acceptors (Lipinski definition) is 5. The van der Waals surface area contributed by atoms with Crippen LogP contribution in [0.3, 0.4) is 0 Å². The van der Waals surface area contributed by atoms with Gasteiger partial charge < -0.3 is 20.1 Å². The fourth-order valence-corrected chi connectivity index (χ4v) is 3.17. The molecule has 2 amide bonds. The average molecular weight is 377 g/mol. The summed E-state index contributed by atoms with van der Waals surface area (Å²) >= 11 is 0. The van der Waals surface area contributed by atoms with Crippen LogP contribution in [0.5, 0.6) is 5.75 Å². The fraction of sp³-hybridized carbons (Fsp3) is 0.600. The Morgan fingerprint density at radius 3 is 2.67 bits per heavy atom. The van der Waals surface area contributed by atoms with Crippen molar-refractivity contribution < 1.29 is 19.1 Å². The first-order valence-corrected chi connectivity index (χ1v) is 9.64. The van der Waals surface area contributed by atoms with E-state index in [-0.39, 0.29) is 17.7 Å². The first kappa shape index (κ1) is 21.2. The van der Waals surface area contributed by atoms with Crippen LogP contribution in [0.2, 0.25) is 0 Å². The largest absolute Gasteiger partial charge is 0.492 e. The molecule has 7 heteroatoms. The average Bonchev–Trinajstić information content (AvgIpc) is 2.67. The van der Waals surface area contributed by atoms with Crippen LogP contribution < -0.4 is 15.4 Å². The standard InChI is InChI=1S/C20H31N3O4/c1-3-27-18-8-5-4-7-17(18)22-19(24)15-23-12-9-16(10-13-23)20(25)21-11-6-14-26-2/h4-5,7-8,16H,3,6,9-15H2,1-2H3,(H,21,25)(H,22,24). The molecule has 1 aromatic rings. The Balaban J connectivity index is 1.72. The van der Waals surface area contributed by atoms with Gasteiger partial charge in [0.2, 0.25) is 11.8 Å². The fourth-order valence-electron chi connectivity index (χ4n) is 3.17. The van der Waals surface area contributed by atoms with Crippen molar-refractivity contribution in [3.8, 4) is 5.75 Å². The molecule has 1 aliphatic rings. The Bertz CT molecular complexity index is 601. The van der Waals surface area contributed by atoms with Crippen LogP contribution in [0.1, 0.15) is 26.2 Å². The molecule has 7 nitrogen and oxygen atoms in total. The number of ether oxygens (including phenoxy) is 2. The molecule has 1 saturated heterocycles. The number of benzene rings is 1. The topological polar surface area (TPSA) is 79.9 Å². The van der Waals surface area contributed by atoms with E-state index in [0.29, 0.717) is 37.7 Å². The normalized spacial score (nSPS) is 15.3. The first-order valence-electron chi connectivity index (χ1n) is 9.64. The van der Waals surface area contributed by atoms with Crippen LogP contribution >= 0.6 is 0 Å². The molecule has 1 aliphatic heterocycles. The minimum Gasteiger partial charge on any atom is -0.492 e. The van der Waals surface area contributed by atoms with E-state index in [1.165, 1.54) is 0 Å². The van der Waals surface area contributed by atoms with Gasteiger partial charge in [-0.1, -0.05) is 12.1 Å². The first-order chi connectivity index (χ1) is 13.1. The highest BCUT2D eigenvalue weighted by Crippen LogP contribution is 2.24. The van der Waals surface area contributed by atoms with Gasteiger partial charge >= 0.3 is 0 Å². The van der Waals surface area contributed by atoms with Gasteiger partial charge in [0.1, 0.15) is 5.75 Å². The highest BCUT2D eigenvalue weighted by atomic mass is 16.5. The number of hydrogen-bond donors (Lipinski definition) is 2. The molecule has 0 aromatic heterocycles. The van der Waals surface area contributed by atoms with Gasteiger partial charge in [0.05, 0.1) is 18.8 Å². The van der Waals surface area contributed by atoms with Gasteiger partial charge in [-0.05, 0) is 51.4 Å². The molecule has 0 aliphatic carbocycles. The highest BCUT2D eigenvalue weighted by Gasteiger charge is 2.25. The summed E-state index contributed by atoms with van der Waals surface area (Å²) < 4.78 is 10.5. The Morgan fingerprint density at radius 2 is 1.96 bits per heavy atom. The number of piperidine rings is 1. The molecule has 0 atom stereocenters. The summed E-state index contributed by atoms with van der Waals surface area (Å²) in [5.74, 6) is 0.758. The molecule has 1 fully saturated rings. The third kappa shape index (κ3) is 7.19. The number of carbonyl (C=O) groups excluding carboxylic acids is 2. The van der Waals surface area contributed by atoms with Gasteiger partial charge in [0.15, 0.2) is 0 Å². The molecular weight excluding hydrogens is 346 g/mol. The Labute approximate surface area is 161 Å². The summed E-state index contributed by atoms with van der Waals surface area (Å²) in [4.78, 5) is 26.6. The maximum absolute atomic E-state index is 12.4. The van der Waals surface area contributed by atoms with Crippen molar-refractivity contribution in [1.82, 2.24) is 10.2 Å². The monoisotopic (exact) mass is 377 g/mol. The lowest BCUT2D eigenvalue weighted by Crippen LogP contribution is -2.43. The summed E-state index contributed by atoms with van der Waals surface area (Å²) in [5.41, 5.74) is 0.690. The molecular formula is C20H31N3O4. The Kier molecular flexibility index (Phi) is 9.07. The van der Waals surface area contributed by atoms with Gasteiger partial charge in [-0.2, -0.15) is 0 Å². The summed E-state index contributed by atoms with van der Waals surface area (Å²) in [6, 6.07) is 7.43. The van der Waals surface area contributed by atoms with Gasteiger partial charge in [0.25, 0.3) is 0 Å². The number of carbonyl (C=O) groups is 2. The molecule has 27 heavy (non-hydrogen) atoms. The zero-order valence-corrected chi connectivity index (χ0v) is 16.3. The number of para-hydroxylation sites is 2. The minimum atomic E-state index is -0.0652. The van der Waals surface area contributed by atoms with Crippen LogP contribution in [-0.2, 0) is 14.3 Å². The quantitative estimate of drug-likeness (QED) is 0.609. The molecule has 0 spiro atoms.